The van der Waals surface area contributed by atoms with Crippen molar-refractivity contribution in [3.8, 4) is 17.2 Å². The van der Waals surface area contributed by atoms with Gasteiger partial charge in [-0.25, -0.2) is 0 Å². The Hall–Kier alpha value is -3.63. The molecule has 248 valence electrons. The van der Waals surface area contributed by atoms with Crippen LogP contribution in [0.4, 0.5) is 5.69 Å². The number of amides is 1. The number of nitrogens with one attached hydrogen (secondary N) is 1. The van der Waals surface area contributed by atoms with Crippen molar-refractivity contribution in [2.45, 2.75) is 57.3 Å². The fourth-order valence-corrected chi connectivity index (χ4v) is 6.03. The highest BCUT2D eigenvalue weighted by molar-refractivity contribution is 5.96. The fourth-order valence-electron chi connectivity index (χ4n) is 6.03. The summed E-state index contributed by atoms with van der Waals surface area (Å²) < 4.78 is 35.0. The first-order valence-corrected chi connectivity index (χ1v) is 16.5. The standard InChI is InChI=1S/C37H48N2O7/c1-41-20-6-23-45-35-24-28(11-16-33(35)39-19-5-10-37(39)40)26-46-36-25-38-18-17-32(36)29-12-14-31(15-13-29)44-22-7-21-43-27-30-8-3-4-9-34(30)42-2/h3-4,8-9,11-16,24,32,36,38H,5-7,10,17-23,25-27H2,1-2H3/t32-,36+/m1/s1. The van der Waals surface area contributed by atoms with Gasteiger partial charge in [-0.05, 0) is 60.8 Å². The quantitative estimate of drug-likeness (QED) is 0.174. The molecule has 9 nitrogen and oxygen atoms in total. The van der Waals surface area contributed by atoms with Crippen molar-refractivity contribution >= 4 is 11.6 Å². The molecule has 0 radical (unpaired) electrons. The second kappa shape index (κ2) is 17.9. The molecule has 0 saturated carbocycles. The molecule has 46 heavy (non-hydrogen) atoms. The number of piperidine rings is 1. The summed E-state index contributed by atoms with van der Waals surface area (Å²) >= 11 is 0. The molecule has 9 heteroatoms. The van der Waals surface area contributed by atoms with Crippen LogP contribution in [0.5, 0.6) is 17.2 Å². The summed E-state index contributed by atoms with van der Waals surface area (Å²) in [5.74, 6) is 2.86. The smallest absolute Gasteiger partial charge is 0.227 e. The first-order valence-electron chi connectivity index (χ1n) is 16.5. The lowest BCUT2D eigenvalue weighted by Crippen LogP contribution is -2.40. The van der Waals surface area contributed by atoms with Crippen LogP contribution in [0, 0.1) is 0 Å². The van der Waals surface area contributed by atoms with Gasteiger partial charge in [-0.15, -0.1) is 0 Å². The van der Waals surface area contributed by atoms with Gasteiger partial charge in [0.05, 0.1) is 51.9 Å². The van der Waals surface area contributed by atoms with E-state index in [0.29, 0.717) is 46.1 Å². The van der Waals surface area contributed by atoms with Crippen molar-refractivity contribution < 1.29 is 33.2 Å². The lowest BCUT2D eigenvalue weighted by molar-refractivity contribution is -0.117. The van der Waals surface area contributed by atoms with Gasteiger partial charge in [0, 0.05) is 57.6 Å². The van der Waals surface area contributed by atoms with Crippen LogP contribution in [-0.2, 0) is 32.2 Å². The van der Waals surface area contributed by atoms with E-state index >= 15 is 0 Å². The number of carbonyl (C=O) groups is 1. The molecule has 2 aliphatic rings. The molecular formula is C37H48N2O7. The number of nitrogens with zero attached hydrogens (tertiary/aromatic N) is 1. The van der Waals surface area contributed by atoms with Crippen molar-refractivity contribution in [1.29, 1.82) is 0 Å². The molecule has 1 amide bonds. The molecule has 0 aromatic heterocycles. The number of anilines is 1. The average molecular weight is 633 g/mol. The highest BCUT2D eigenvalue weighted by Gasteiger charge is 2.28. The molecule has 1 N–H and O–H groups in total. The van der Waals surface area contributed by atoms with Crippen LogP contribution < -0.4 is 24.4 Å². The van der Waals surface area contributed by atoms with Gasteiger partial charge in [0.15, 0.2) is 0 Å². The Morgan fingerprint density at radius 3 is 2.50 bits per heavy atom. The zero-order valence-corrected chi connectivity index (χ0v) is 27.2. The van der Waals surface area contributed by atoms with E-state index in [-0.39, 0.29) is 17.9 Å². The number of para-hydroxylation sites is 1. The number of rotatable bonds is 18. The lowest BCUT2D eigenvalue weighted by Gasteiger charge is -2.32. The van der Waals surface area contributed by atoms with E-state index in [1.54, 1.807) is 14.2 Å². The van der Waals surface area contributed by atoms with Crippen LogP contribution in [0.15, 0.2) is 66.7 Å². The van der Waals surface area contributed by atoms with Crippen LogP contribution in [0.25, 0.3) is 0 Å². The summed E-state index contributed by atoms with van der Waals surface area (Å²) in [4.78, 5) is 14.3. The Morgan fingerprint density at radius 2 is 1.70 bits per heavy atom. The zero-order valence-electron chi connectivity index (χ0n) is 27.2. The van der Waals surface area contributed by atoms with Gasteiger partial charge in [-0.3, -0.25) is 4.79 Å². The van der Waals surface area contributed by atoms with Crippen molar-refractivity contribution in [2.24, 2.45) is 0 Å². The zero-order chi connectivity index (χ0) is 32.0. The average Bonchev–Trinajstić information content (AvgIpc) is 3.53. The normalized spacial score (nSPS) is 18.1. The fraction of sp³-hybridized carbons (Fsp3) is 0.486. The molecule has 2 saturated heterocycles. The molecule has 2 fully saturated rings. The van der Waals surface area contributed by atoms with E-state index in [4.69, 9.17) is 28.4 Å². The van der Waals surface area contributed by atoms with E-state index in [1.165, 1.54) is 5.56 Å². The Balaban J connectivity index is 1.11. The van der Waals surface area contributed by atoms with Crippen LogP contribution in [-0.4, -0.2) is 72.3 Å². The van der Waals surface area contributed by atoms with E-state index in [2.05, 4.69) is 29.6 Å². The number of benzene rings is 3. The van der Waals surface area contributed by atoms with Gasteiger partial charge in [0.1, 0.15) is 17.2 Å². The van der Waals surface area contributed by atoms with Crippen molar-refractivity contribution in [2.75, 3.05) is 65.2 Å². The topological polar surface area (TPSA) is 87.7 Å². The van der Waals surface area contributed by atoms with Gasteiger partial charge < -0.3 is 38.6 Å². The Labute approximate surface area is 273 Å². The molecule has 0 aliphatic carbocycles. The number of hydrogen-bond donors (Lipinski definition) is 1. The number of carbonyl (C=O) groups excluding carboxylic acids is 1. The second-order valence-electron chi connectivity index (χ2n) is 11.7. The largest absolute Gasteiger partial charge is 0.496 e. The third-order valence-electron chi connectivity index (χ3n) is 8.49. The highest BCUT2D eigenvalue weighted by atomic mass is 16.5. The summed E-state index contributed by atoms with van der Waals surface area (Å²) in [6.07, 6.45) is 4.07. The first kappa shape index (κ1) is 33.7. The minimum absolute atomic E-state index is 0.0341. The molecular weight excluding hydrogens is 584 g/mol. The summed E-state index contributed by atoms with van der Waals surface area (Å²) in [5, 5.41) is 3.50. The van der Waals surface area contributed by atoms with Crippen LogP contribution in [0.2, 0.25) is 0 Å². The van der Waals surface area contributed by atoms with Crippen LogP contribution in [0.3, 0.4) is 0 Å². The predicted molar refractivity (Wildman–Crippen MR) is 178 cm³/mol. The van der Waals surface area contributed by atoms with Crippen LogP contribution >= 0.6 is 0 Å². The Bertz CT molecular complexity index is 1370. The van der Waals surface area contributed by atoms with E-state index in [9.17, 15) is 4.79 Å². The summed E-state index contributed by atoms with van der Waals surface area (Å²) in [6.45, 7) is 5.82. The van der Waals surface area contributed by atoms with Gasteiger partial charge in [0.25, 0.3) is 0 Å². The van der Waals surface area contributed by atoms with E-state index < -0.39 is 0 Å². The molecule has 2 heterocycles. The maximum atomic E-state index is 12.5. The Morgan fingerprint density at radius 1 is 0.870 bits per heavy atom. The molecule has 5 rings (SSSR count). The van der Waals surface area contributed by atoms with Gasteiger partial charge in [-0.1, -0.05) is 36.4 Å². The van der Waals surface area contributed by atoms with Crippen molar-refractivity contribution in [3.63, 3.8) is 0 Å². The number of methoxy groups -OCH3 is 2. The first-order chi connectivity index (χ1) is 22.7. The molecule has 2 aliphatic heterocycles. The number of hydrogen-bond acceptors (Lipinski definition) is 8. The number of ether oxygens (including phenoxy) is 6. The molecule has 3 aromatic rings. The maximum Gasteiger partial charge on any atom is 0.227 e. The molecule has 3 aromatic carbocycles. The molecule has 0 spiro atoms. The Kier molecular flexibility index (Phi) is 13.1. The van der Waals surface area contributed by atoms with E-state index in [1.807, 2.05) is 47.4 Å². The minimum atomic E-state index is 0.0341. The van der Waals surface area contributed by atoms with Gasteiger partial charge in [-0.2, -0.15) is 0 Å². The monoisotopic (exact) mass is 632 g/mol. The highest BCUT2D eigenvalue weighted by Crippen LogP contribution is 2.34. The lowest BCUT2D eigenvalue weighted by atomic mass is 9.87. The summed E-state index contributed by atoms with van der Waals surface area (Å²) in [6, 6.07) is 22.4. The minimum Gasteiger partial charge on any atom is -0.496 e. The van der Waals surface area contributed by atoms with E-state index in [0.717, 1.165) is 79.4 Å². The van der Waals surface area contributed by atoms with Gasteiger partial charge >= 0.3 is 0 Å². The summed E-state index contributed by atoms with van der Waals surface area (Å²) in [5.41, 5.74) is 4.16. The SMILES string of the molecule is COCCCOc1cc(CO[C@H]2CNCC[C@@H]2c2ccc(OCCCOCc3ccccc3OC)cc2)ccc1N1CCCC1=O. The van der Waals surface area contributed by atoms with Crippen molar-refractivity contribution in [3.05, 3.63) is 83.4 Å². The van der Waals surface area contributed by atoms with Crippen LogP contribution in [0.1, 0.15) is 54.7 Å². The summed E-state index contributed by atoms with van der Waals surface area (Å²) in [7, 11) is 3.36. The third kappa shape index (κ3) is 9.45. The molecule has 2 atom stereocenters. The predicted octanol–water partition coefficient (Wildman–Crippen LogP) is 5.89. The second-order valence-corrected chi connectivity index (χ2v) is 11.7. The van der Waals surface area contributed by atoms with Gasteiger partial charge in [0.2, 0.25) is 5.91 Å². The molecule has 0 unspecified atom stereocenters. The molecule has 0 bridgehead atoms. The third-order valence-corrected chi connectivity index (χ3v) is 8.49. The maximum absolute atomic E-state index is 12.5. The van der Waals surface area contributed by atoms with Crippen molar-refractivity contribution in [1.82, 2.24) is 5.32 Å².